The SMILES string of the molecule is COc1ccc(S(=O)(=O)N(C)c2cccc(C(=O)N3CCCC3)c2)cc1. The summed E-state index contributed by atoms with van der Waals surface area (Å²) in [7, 11) is -0.714. The molecule has 1 amide bonds. The number of methoxy groups -OCH3 is 1. The van der Waals surface area contributed by atoms with Crippen molar-refractivity contribution in [2.24, 2.45) is 0 Å². The number of hydrogen-bond acceptors (Lipinski definition) is 4. The Balaban J connectivity index is 1.87. The molecule has 1 aliphatic heterocycles. The summed E-state index contributed by atoms with van der Waals surface area (Å²) in [5.41, 5.74) is 0.951. The van der Waals surface area contributed by atoms with Gasteiger partial charge >= 0.3 is 0 Å². The van der Waals surface area contributed by atoms with Crippen LogP contribution in [0.5, 0.6) is 5.75 Å². The fourth-order valence-corrected chi connectivity index (χ4v) is 4.17. The van der Waals surface area contributed by atoms with E-state index < -0.39 is 10.0 Å². The minimum Gasteiger partial charge on any atom is -0.497 e. The molecule has 1 saturated heterocycles. The number of nitrogens with zero attached hydrogens (tertiary/aromatic N) is 2. The second-order valence-corrected chi connectivity index (χ2v) is 8.17. The topological polar surface area (TPSA) is 66.9 Å². The lowest BCUT2D eigenvalue weighted by atomic mass is 10.2. The highest BCUT2D eigenvalue weighted by atomic mass is 32.2. The first-order chi connectivity index (χ1) is 12.4. The van der Waals surface area contributed by atoms with Crippen molar-refractivity contribution in [3.8, 4) is 5.75 Å². The minimum absolute atomic E-state index is 0.0559. The van der Waals surface area contributed by atoms with Gasteiger partial charge in [0.25, 0.3) is 15.9 Å². The molecule has 0 atom stereocenters. The lowest BCUT2D eigenvalue weighted by molar-refractivity contribution is 0.0793. The molecule has 0 aliphatic carbocycles. The van der Waals surface area contributed by atoms with E-state index in [1.807, 2.05) is 0 Å². The Labute approximate surface area is 154 Å². The monoisotopic (exact) mass is 374 g/mol. The number of rotatable bonds is 5. The first-order valence-corrected chi connectivity index (χ1v) is 9.90. The highest BCUT2D eigenvalue weighted by molar-refractivity contribution is 7.92. The molecule has 0 bridgehead atoms. The van der Waals surface area contributed by atoms with Gasteiger partial charge in [0.15, 0.2) is 0 Å². The maximum atomic E-state index is 12.9. The Bertz CT molecular complexity index is 888. The summed E-state index contributed by atoms with van der Waals surface area (Å²) in [5, 5.41) is 0. The van der Waals surface area contributed by atoms with Crippen LogP contribution in [-0.2, 0) is 10.0 Å². The van der Waals surface area contributed by atoms with E-state index in [4.69, 9.17) is 4.74 Å². The molecule has 3 rings (SSSR count). The first-order valence-electron chi connectivity index (χ1n) is 8.46. The summed E-state index contributed by atoms with van der Waals surface area (Å²) >= 11 is 0. The van der Waals surface area contributed by atoms with Crippen molar-refractivity contribution in [1.82, 2.24) is 4.90 Å². The van der Waals surface area contributed by atoms with Gasteiger partial charge in [-0.2, -0.15) is 0 Å². The standard InChI is InChI=1S/C19H22N2O4S/c1-20(26(23,24)18-10-8-17(25-2)9-11-18)16-7-5-6-15(14-16)19(22)21-12-3-4-13-21/h5-11,14H,3-4,12-13H2,1-2H3. The molecule has 1 aliphatic rings. The summed E-state index contributed by atoms with van der Waals surface area (Å²) < 4.78 is 32.0. The van der Waals surface area contributed by atoms with Gasteiger partial charge in [-0.15, -0.1) is 0 Å². The number of amides is 1. The molecular weight excluding hydrogens is 352 g/mol. The Hall–Kier alpha value is -2.54. The van der Waals surface area contributed by atoms with E-state index >= 15 is 0 Å². The van der Waals surface area contributed by atoms with E-state index in [0.29, 0.717) is 17.0 Å². The Morgan fingerprint density at radius 1 is 1.08 bits per heavy atom. The van der Waals surface area contributed by atoms with E-state index in [2.05, 4.69) is 0 Å². The van der Waals surface area contributed by atoms with E-state index in [9.17, 15) is 13.2 Å². The zero-order valence-electron chi connectivity index (χ0n) is 14.9. The van der Waals surface area contributed by atoms with E-state index in [1.165, 1.54) is 30.6 Å². The molecule has 7 heteroatoms. The first kappa shape index (κ1) is 18.3. The van der Waals surface area contributed by atoms with Gasteiger partial charge in [0.2, 0.25) is 0 Å². The molecule has 0 aromatic heterocycles. The average Bonchev–Trinajstić information content (AvgIpc) is 3.21. The van der Waals surface area contributed by atoms with Crippen LogP contribution in [0.4, 0.5) is 5.69 Å². The predicted octanol–water partition coefficient (Wildman–Crippen LogP) is 2.76. The molecule has 0 saturated carbocycles. The van der Waals surface area contributed by atoms with Gasteiger partial charge in [0.05, 0.1) is 17.7 Å². The van der Waals surface area contributed by atoms with Crippen LogP contribution in [0, 0.1) is 0 Å². The van der Waals surface area contributed by atoms with Crippen LogP contribution in [0.1, 0.15) is 23.2 Å². The third kappa shape index (κ3) is 3.53. The summed E-state index contributed by atoms with van der Waals surface area (Å²) in [6.07, 6.45) is 2.02. The maximum absolute atomic E-state index is 12.9. The summed E-state index contributed by atoms with van der Waals surface area (Å²) in [6.45, 7) is 1.51. The molecule has 0 unspecified atom stereocenters. The summed E-state index contributed by atoms with van der Waals surface area (Å²) in [5.74, 6) is 0.532. The molecule has 2 aromatic rings. The highest BCUT2D eigenvalue weighted by Gasteiger charge is 2.24. The van der Waals surface area contributed by atoms with Crippen molar-refractivity contribution in [1.29, 1.82) is 0 Å². The quantitative estimate of drug-likeness (QED) is 0.807. The van der Waals surface area contributed by atoms with Crippen molar-refractivity contribution in [2.75, 3.05) is 31.6 Å². The lowest BCUT2D eigenvalue weighted by Crippen LogP contribution is -2.29. The average molecular weight is 374 g/mol. The van der Waals surface area contributed by atoms with Gasteiger partial charge in [0, 0.05) is 25.7 Å². The van der Waals surface area contributed by atoms with Gasteiger partial charge < -0.3 is 9.64 Å². The molecule has 2 aromatic carbocycles. The molecule has 138 valence electrons. The number of hydrogen-bond donors (Lipinski definition) is 0. The second-order valence-electron chi connectivity index (χ2n) is 6.20. The third-order valence-corrected chi connectivity index (χ3v) is 6.37. The largest absolute Gasteiger partial charge is 0.497 e. The van der Waals surface area contributed by atoms with Gasteiger partial charge in [0.1, 0.15) is 5.75 Å². The number of sulfonamides is 1. The highest BCUT2D eigenvalue weighted by Crippen LogP contribution is 2.25. The number of likely N-dealkylation sites (tertiary alicyclic amines) is 1. The molecule has 26 heavy (non-hydrogen) atoms. The van der Waals surface area contributed by atoms with Gasteiger partial charge in [-0.1, -0.05) is 6.07 Å². The number of anilines is 1. The lowest BCUT2D eigenvalue weighted by Gasteiger charge is -2.21. The van der Waals surface area contributed by atoms with Crippen molar-refractivity contribution in [3.63, 3.8) is 0 Å². The number of benzene rings is 2. The Kier molecular flexibility index (Phi) is 5.18. The molecule has 0 spiro atoms. The molecule has 6 nitrogen and oxygen atoms in total. The van der Waals surface area contributed by atoms with Crippen LogP contribution in [0.25, 0.3) is 0 Å². The fourth-order valence-electron chi connectivity index (χ4n) is 2.98. The third-order valence-electron chi connectivity index (χ3n) is 4.57. The van der Waals surface area contributed by atoms with Crippen LogP contribution in [0.15, 0.2) is 53.4 Å². The van der Waals surface area contributed by atoms with Crippen molar-refractivity contribution < 1.29 is 17.9 Å². The zero-order chi connectivity index (χ0) is 18.7. The van der Waals surface area contributed by atoms with Gasteiger partial charge in [-0.25, -0.2) is 8.42 Å². The summed E-state index contributed by atoms with van der Waals surface area (Å²) in [4.78, 5) is 14.5. The molecule has 1 heterocycles. The van der Waals surface area contributed by atoms with Crippen LogP contribution >= 0.6 is 0 Å². The number of ether oxygens (including phenoxy) is 1. The molecule has 0 radical (unpaired) electrons. The van der Waals surface area contributed by atoms with Gasteiger partial charge in [-0.3, -0.25) is 9.10 Å². The zero-order valence-corrected chi connectivity index (χ0v) is 15.7. The van der Waals surface area contributed by atoms with E-state index in [-0.39, 0.29) is 10.8 Å². The number of carbonyl (C=O) groups excluding carboxylic acids is 1. The smallest absolute Gasteiger partial charge is 0.264 e. The Morgan fingerprint density at radius 2 is 1.73 bits per heavy atom. The Morgan fingerprint density at radius 3 is 2.35 bits per heavy atom. The van der Waals surface area contributed by atoms with Crippen LogP contribution < -0.4 is 9.04 Å². The summed E-state index contributed by atoms with van der Waals surface area (Å²) in [6, 6.07) is 13.0. The fraction of sp³-hybridized carbons (Fsp3) is 0.316. The van der Waals surface area contributed by atoms with E-state index in [0.717, 1.165) is 25.9 Å². The maximum Gasteiger partial charge on any atom is 0.264 e. The predicted molar refractivity (Wildman–Crippen MR) is 100 cm³/mol. The van der Waals surface area contributed by atoms with Crippen molar-refractivity contribution in [2.45, 2.75) is 17.7 Å². The van der Waals surface area contributed by atoms with Crippen LogP contribution in [-0.4, -0.2) is 46.5 Å². The second kappa shape index (κ2) is 7.37. The van der Waals surface area contributed by atoms with Crippen molar-refractivity contribution in [3.05, 3.63) is 54.1 Å². The molecular formula is C19H22N2O4S. The van der Waals surface area contributed by atoms with Crippen molar-refractivity contribution >= 4 is 21.6 Å². The number of carbonyl (C=O) groups is 1. The molecule has 1 fully saturated rings. The normalized spacial score (nSPS) is 14.3. The molecule has 0 N–H and O–H groups in total. The van der Waals surface area contributed by atoms with E-state index in [1.54, 1.807) is 41.3 Å². The van der Waals surface area contributed by atoms with Crippen LogP contribution in [0.2, 0.25) is 0 Å². The van der Waals surface area contributed by atoms with Crippen LogP contribution in [0.3, 0.4) is 0 Å². The van der Waals surface area contributed by atoms with Gasteiger partial charge in [-0.05, 0) is 55.3 Å². The minimum atomic E-state index is -3.73.